The first-order valence-electron chi connectivity index (χ1n) is 6.73. The highest BCUT2D eigenvalue weighted by molar-refractivity contribution is 7.99. The molecule has 0 aromatic carbocycles. The van der Waals surface area contributed by atoms with Crippen molar-refractivity contribution in [1.82, 2.24) is 19.4 Å². The lowest BCUT2D eigenvalue weighted by molar-refractivity contribution is -0.133. The van der Waals surface area contributed by atoms with Crippen molar-refractivity contribution in [2.75, 3.05) is 26.4 Å². The second-order valence-corrected chi connectivity index (χ2v) is 6.30. The highest BCUT2D eigenvalue weighted by Crippen LogP contribution is 2.28. The summed E-state index contributed by atoms with van der Waals surface area (Å²) in [7, 11) is 4.02. The van der Waals surface area contributed by atoms with Gasteiger partial charge in [0, 0.05) is 18.8 Å². The fourth-order valence-corrected chi connectivity index (χ4v) is 3.14. The summed E-state index contributed by atoms with van der Waals surface area (Å²) in [6.07, 6.45) is 1.77. The van der Waals surface area contributed by atoms with Crippen LogP contribution in [-0.2, 0) is 4.79 Å². The van der Waals surface area contributed by atoms with Gasteiger partial charge in [-0.15, -0.1) is 0 Å². The van der Waals surface area contributed by atoms with Gasteiger partial charge in [-0.2, -0.15) is 0 Å². The van der Waals surface area contributed by atoms with Gasteiger partial charge < -0.3 is 10.0 Å². The summed E-state index contributed by atoms with van der Waals surface area (Å²) in [5, 5.41) is 9.61. The van der Waals surface area contributed by atoms with E-state index < -0.39 is 5.97 Å². The molecule has 0 aliphatic heterocycles. The Labute approximate surface area is 128 Å². The number of aryl methyl sites for hydroxylation is 1. The maximum atomic E-state index is 10.8. The Morgan fingerprint density at radius 1 is 1.52 bits per heavy atom. The highest BCUT2D eigenvalue weighted by atomic mass is 32.2. The van der Waals surface area contributed by atoms with Crippen molar-refractivity contribution in [2.24, 2.45) is 0 Å². The molecule has 0 saturated heterocycles. The van der Waals surface area contributed by atoms with E-state index in [0.29, 0.717) is 5.16 Å². The molecule has 114 valence electrons. The zero-order chi connectivity index (χ0) is 15.6. The minimum atomic E-state index is -0.844. The number of imidazole rings is 1. The number of pyridine rings is 1. The summed E-state index contributed by atoms with van der Waals surface area (Å²) in [5.74, 6) is -0.847. The lowest BCUT2D eigenvalue weighted by atomic mass is 10.2. The monoisotopic (exact) mass is 308 g/mol. The maximum absolute atomic E-state index is 10.8. The van der Waals surface area contributed by atoms with E-state index in [1.165, 1.54) is 11.8 Å². The molecule has 1 unspecified atom stereocenters. The fraction of sp³-hybridized carbons (Fsp3) is 0.500. The third-order valence-corrected chi connectivity index (χ3v) is 4.08. The first-order chi connectivity index (χ1) is 9.90. The van der Waals surface area contributed by atoms with Gasteiger partial charge in [0.15, 0.2) is 10.8 Å². The molecule has 0 saturated carbocycles. The van der Waals surface area contributed by atoms with Gasteiger partial charge in [-0.3, -0.25) is 9.36 Å². The number of likely N-dealkylation sites (N-methyl/N-ethyl adjacent to an activating group) is 1. The molecule has 2 aromatic heterocycles. The van der Waals surface area contributed by atoms with E-state index in [9.17, 15) is 4.79 Å². The molecule has 0 fully saturated rings. The summed E-state index contributed by atoms with van der Waals surface area (Å²) in [4.78, 5) is 22.0. The predicted octanol–water partition coefficient (Wildman–Crippen LogP) is 2.04. The molecule has 7 heteroatoms. The van der Waals surface area contributed by atoms with Crippen molar-refractivity contribution < 1.29 is 9.90 Å². The van der Waals surface area contributed by atoms with E-state index in [4.69, 9.17) is 5.11 Å². The zero-order valence-corrected chi connectivity index (χ0v) is 13.5. The molecule has 1 atom stereocenters. The van der Waals surface area contributed by atoms with Crippen LogP contribution >= 0.6 is 11.8 Å². The van der Waals surface area contributed by atoms with E-state index in [2.05, 4.69) is 21.8 Å². The number of carboxylic acids is 1. The van der Waals surface area contributed by atoms with Gasteiger partial charge in [0.1, 0.15) is 5.52 Å². The van der Waals surface area contributed by atoms with Gasteiger partial charge in [-0.05, 0) is 39.6 Å². The second-order valence-electron chi connectivity index (χ2n) is 5.36. The van der Waals surface area contributed by atoms with Crippen LogP contribution in [0.1, 0.15) is 18.5 Å². The third kappa shape index (κ3) is 3.54. The quantitative estimate of drug-likeness (QED) is 0.823. The number of aliphatic carboxylic acids is 1. The Kier molecular flexibility index (Phi) is 4.84. The van der Waals surface area contributed by atoms with Crippen LogP contribution in [0.25, 0.3) is 11.2 Å². The molecular weight excluding hydrogens is 288 g/mol. The molecule has 2 rings (SSSR count). The topological polar surface area (TPSA) is 71.2 Å². The summed E-state index contributed by atoms with van der Waals surface area (Å²) in [6, 6.07) is 2.08. The number of fused-ring (bicyclic) bond motifs is 1. The average Bonchev–Trinajstić information content (AvgIpc) is 2.75. The molecule has 0 radical (unpaired) electrons. The van der Waals surface area contributed by atoms with E-state index in [0.717, 1.165) is 23.3 Å². The molecule has 6 nitrogen and oxygen atoms in total. The maximum Gasteiger partial charge on any atom is 0.313 e. The van der Waals surface area contributed by atoms with E-state index in [1.54, 1.807) is 6.20 Å². The number of carbonyl (C=O) groups is 1. The molecule has 0 bridgehead atoms. The molecule has 0 aliphatic rings. The summed E-state index contributed by atoms with van der Waals surface area (Å²) in [6.45, 7) is 4.92. The number of thioether (sulfide) groups is 1. The minimum absolute atomic E-state index is 0.00292. The smallest absolute Gasteiger partial charge is 0.313 e. The van der Waals surface area contributed by atoms with Crippen LogP contribution < -0.4 is 0 Å². The Balaban J connectivity index is 2.49. The van der Waals surface area contributed by atoms with Crippen LogP contribution in [0.4, 0.5) is 0 Å². The van der Waals surface area contributed by atoms with Crippen molar-refractivity contribution in [3.63, 3.8) is 0 Å². The van der Waals surface area contributed by atoms with Gasteiger partial charge >= 0.3 is 5.97 Å². The molecule has 2 heterocycles. The Morgan fingerprint density at radius 3 is 2.86 bits per heavy atom. The number of rotatable bonds is 6. The van der Waals surface area contributed by atoms with Crippen LogP contribution in [0.3, 0.4) is 0 Å². The molecule has 21 heavy (non-hydrogen) atoms. The molecular formula is C14H20N4O2S. The first-order valence-corrected chi connectivity index (χ1v) is 7.71. The summed E-state index contributed by atoms with van der Waals surface area (Å²) < 4.78 is 2.04. The number of aromatic nitrogens is 3. The molecule has 0 amide bonds. The summed E-state index contributed by atoms with van der Waals surface area (Å²) >= 11 is 1.24. The second kappa shape index (κ2) is 6.44. The molecule has 0 spiro atoms. The van der Waals surface area contributed by atoms with Crippen LogP contribution in [0.5, 0.6) is 0 Å². The van der Waals surface area contributed by atoms with Gasteiger partial charge in [0.2, 0.25) is 0 Å². The van der Waals surface area contributed by atoms with Gasteiger partial charge in [0.25, 0.3) is 0 Å². The molecule has 1 N–H and O–H groups in total. The molecule has 2 aromatic rings. The number of nitrogens with zero attached hydrogens (tertiary/aromatic N) is 4. The van der Waals surface area contributed by atoms with Gasteiger partial charge in [-0.1, -0.05) is 11.8 Å². The van der Waals surface area contributed by atoms with Crippen molar-refractivity contribution in [3.8, 4) is 0 Å². The fourth-order valence-electron chi connectivity index (χ4n) is 2.33. The lowest BCUT2D eigenvalue weighted by Gasteiger charge is -2.20. The van der Waals surface area contributed by atoms with Crippen molar-refractivity contribution >= 4 is 28.9 Å². The minimum Gasteiger partial charge on any atom is -0.481 e. The van der Waals surface area contributed by atoms with Crippen LogP contribution in [-0.4, -0.2) is 56.9 Å². The van der Waals surface area contributed by atoms with Gasteiger partial charge in [0.05, 0.1) is 5.75 Å². The van der Waals surface area contributed by atoms with Crippen molar-refractivity contribution in [2.45, 2.75) is 25.0 Å². The number of hydrogen-bond donors (Lipinski definition) is 1. The largest absolute Gasteiger partial charge is 0.481 e. The Bertz CT molecular complexity index is 654. The number of carboxylic acid groups (broad SMARTS) is 1. The van der Waals surface area contributed by atoms with Crippen molar-refractivity contribution in [1.29, 1.82) is 0 Å². The first kappa shape index (κ1) is 15.8. The average molecular weight is 308 g/mol. The van der Waals surface area contributed by atoms with Crippen molar-refractivity contribution in [3.05, 3.63) is 17.8 Å². The van der Waals surface area contributed by atoms with Gasteiger partial charge in [-0.25, -0.2) is 9.97 Å². The highest BCUT2D eigenvalue weighted by Gasteiger charge is 2.19. The Hall–Kier alpha value is -1.60. The van der Waals surface area contributed by atoms with Crippen LogP contribution in [0.2, 0.25) is 0 Å². The van der Waals surface area contributed by atoms with E-state index in [-0.39, 0.29) is 11.8 Å². The van der Waals surface area contributed by atoms with E-state index >= 15 is 0 Å². The summed E-state index contributed by atoms with van der Waals surface area (Å²) in [5.41, 5.74) is 2.71. The predicted molar refractivity (Wildman–Crippen MR) is 83.9 cm³/mol. The molecule has 0 aliphatic carbocycles. The zero-order valence-electron chi connectivity index (χ0n) is 12.7. The van der Waals surface area contributed by atoms with Crippen LogP contribution in [0, 0.1) is 6.92 Å². The van der Waals surface area contributed by atoms with Crippen LogP contribution in [0.15, 0.2) is 17.4 Å². The lowest BCUT2D eigenvalue weighted by Crippen LogP contribution is -2.23. The van der Waals surface area contributed by atoms with E-state index in [1.807, 2.05) is 31.7 Å². The normalized spacial score (nSPS) is 13.0. The Morgan fingerprint density at radius 2 is 2.24 bits per heavy atom. The standard InChI is InChI=1S/C14H20N4O2S/c1-9-5-6-15-13-12(9)16-14(21-8-11(19)20)18(13)10(2)7-17(3)4/h5-6,10H,7-8H2,1-4H3,(H,19,20). The number of hydrogen-bond acceptors (Lipinski definition) is 5. The third-order valence-electron chi connectivity index (χ3n) is 3.14. The SMILES string of the molecule is Cc1ccnc2c1nc(SCC(=O)O)n2C(C)CN(C)C.